The Morgan fingerprint density at radius 2 is 1.54 bits per heavy atom. The van der Waals surface area contributed by atoms with Crippen LogP contribution in [0.3, 0.4) is 0 Å². The molecule has 0 spiro atoms. The second-order valence-electron chi connectivity index (χ2n) is 6.45. The lowest BCUT2D eigenvalue weighted by atomic mass is 10.1. The number of rotatable bonds is 6. The summed E-state index contributed by atoms with van der Waals surface area (Å²) in [4.78, 5) is 2.20. The van der Waals surface area contributed by atoms with Crippen molar-refractivity contribution in [2.45, 2.75) is 40.2 Å². The Morgan fingerprint density at radius 1 is 0.923 bits per heavy atom. The predicted molar refractivity (Wildman–Crippen MR) is 112 cm³/mol. The molecule has 3 nitrogen and oxygen atoms in total. The molecule has 3 rings (SSSR count). The highest BCUT2D eigenvalue weighted by atomic mass is 32.1. The van der Waals surface area contributed by atoms with Gasteiger partial charge in [-0.05, 0) is 31.4 Å². The van der Waals surface area contributed by atoms with Gasteiger partial charge in [0.2, 0.25) is 4.80 Å². The summed E-state index contributed by atoms with van der Waals surface area (Å²) in [5, 5.41) is 8.90. The van der Waals surface area contributed by atoms with Crippen LogP contribution < -0.4 is 4.80 Å². The maximum atomic E-state index is 4.56. The van der Waals surface area contributed by atoms with Crippen LogP contribution >= 0.6 is 11.3 Å². The van der Waals surface area contributed by atoms with Gasteiger partial charge in [-0.1, -0.05) is 85.3 Å². The zero-order valence-corrected chi connectivity index (χ0v) is 16.5. The summed E-state index contributed by atoms with van der Waals surface area (Å²) in [7, 11) is 0. The van der Waals surface area contributed by atoms with E-state index in [1.54, 1.807) is 11.3 Å². The van der Waals surface area contributed by atoms with Crippen LogP contribution in [-0.4, -0.2) is 10.3 Å². The third-order valence-corrected chi connectivity index (χ3v) is 5.18. The van der Waals surface area contributed by atoms with Crippen molar-refractivity contribution in [1.82, 2.24) is 4.57 Å². The van der Waals surface area contributed by atoms with E-state index in [1.165, 1.54) is 21.7 Å². The first-order valence-electron chi connectivity index (χ1n) is 9.10. The fourth-order valence-electron chi connectivity index (χ4n) is 2.82. The predicted octanol–water partition coefficient (Wildman–Crippen LogP) is 5.98. The number of aromatic nitrogens is 1. The van der Waals surface area contributed by atoms with Crippen molar-refractivity contribution < 1.29 is 0 Å². The van der Waals surface area contributed by atoms with Crippen LogP contribution in [0.5, 0.6) is 0 Å². The Balaban J connectivity index is 2.29. The minimum Gasteiger partial charge on any atom is -0.314 e. The highest BCUT2D eigenvalue weighted by molar-refractivity contribution is 7.13. The van der Waals surface area contributed by atoms with E-state index in [2.05, 4.69) is 82.4 Å². The maximum absolute atomic E-state index is 4.56. The molecule has 0 aliphatic heterocycles. The largest absolute Gasteiger partial charge is 0.314 e. The number of hydrogen-bond acceptors (Lipinski definition) is 3. The molecule has 0 radical (unpaired) electrons. The van der Waals surface area contributed by atoms with Crippen LogP contribution in [0.25, 0.3) is 21.7 Å². The Bertz CT molecular complexity index is 931. The first-order valence-corrected chi connectivity index (χ1v) is 9.91. The Hall–Kier alpha value is -2.46. The minimum atomic E-state index is 0.946. The molecule has 0 aliphatic rings. The third-order valence-electron chi connectivity index (χ3n) is 4.06. The molecule has 134 valence electrons. The Kier molecular flexibility index (Phi) is 6.18. The van der Waals surface area contributed by atoms with E-state index in [1.807, 2.05) is 13.8 Å². The van der Waals surface area contributed by atoms with Crippen molar-refractivity contribution in [3.63, 3.8) is 0 Å². The van der Waals surface area contributed by atoms with Crippen molar-refractivity contribution in [3.8, 4) is 21.7 Å². The molecule has 0 fully saturated rings. The van der Waals surface area contributed by atoms with E-state index in [-0.39, 0.29) is 0 Å². The summed E-state index contributed by atoms with van der Waals surface area (Å²) in [6.45, 7) is 7.12. The second kappa shape index (κ2) is 8.77. The van der Waals surface area contributed by atoms with Gasteiger partial charge in [0.05, 0.1) is 10.6 Å². The molecule has 4 heteroatoms. The quantitative estimate of drug-likeness (QED) is 0.381. The molecule has 3 aromatic rings. The molecule has 1 heterocycles. The lowest BCUT2D eigenvalue weighted by Crippen LogP contribution is -2.16. The molecule has 1 aromatic heterocycles. The molecular weight excluding hydrogens is 338 g/mol. The summed E-state index contributed by atoms with van der Waals surface area (Å²) in [6.07, 6.45) is 2.26. The number of nitrogens with zero attached hydrogens (tertiary/aromatic N) is 3. The van der Waals surface area contributed by atoms with Crippen LogP contribution in [0.1, 0.15) is 33.6 Å². The summed E-state index contributed by atoms with van der Waals surface area (Å²) in [5.41, 5.74) is 4.64. The molecule has 0 N–H and O–H groups in total. The summed E-state index contributed by atoms with van der Waals surface area (Å²) in [5.74, 6) is 0. The number of benzene rings is 2. The zero-order valence-electron chi connectivity index (χ0n) is 15.6. The fourth-order valence-corrected chi connectivity index (χ4v) is 3.96. The normalized spacial score (nSPS) is 11.6. The highest BCUT2D eigenvalue weighted by Crippen LogP contribution is 2.34. The lowest BCUT2D eigenvalue weighted by molar-refractivity contribution is 0.621. The highest BCUT2D eigenvalue weighted by Gasteiger charge is 2.16. The number of unbranched alkanes of at least 4 members (excludes halogenated alkanes) is 1. The molecule has 0 saturated heterocycles. The van der Waals surface area contributed by atoms with Gasteiger partial charge in [0.15, 0.2) is 0 Å². The van der Waals surface area contributed by atoms with Crippen LogP contribution in [-0.2, 0) is 6.54 Å². The average molecular weight is 364 g/mol. The van der Waals surface area contributed by atoms with E-state index >= 15 is 0 Å². The molecular formula is C22H25N3S. The lowest BCUT2D eigenvalue weighted by Gasteiger charge is -2.11. The summed E-state index contributed by atoms with van der Waals surface area (Å²) < 4.78 is 2.33. The standard InChI is InChI=1S/C22H25N3S/c1-4-5-16-25-20(18-12-8-6-9-13-18)21(19-14-10-7-11-15-19)26-22(25)24-23-17(2)3/h6-15H,4-5,16H2,1-3H3/b24-22-. The Labute approximate surface area is 159 Å². The topological polar surface area (TPSA) is 29.6 Å². The first-order chi connectivity index (χ1) is 12.7. The summed E-state index contributed by atoms with van der Waals surface area (Å²) in [6, 6.07) is 21.2. The molecule has 0 bridgehead atoms. The number of thiazole rings is 1. The third kappa shape index (κ3) is 4.20. The van der Waals surface area contributed by atoms with Crippen molar-refractivity contribution in [3.05, 3.63) is 65.5 Å². The molecule has 2 aromatic carbocycles. The van der Waals surface area contributed by atoms with E-state index in [0.29, 0.717) is 0 Å². The molecule has 0 unspecified atom stereocenters. The Morgan fingerprint density at radius 3 is 2.12 bits per heavy atom. The van der Waals surface area contributed by atoms with Crippen molar-refractivity contribution >= 4 is 17.0 Å². The van der Waals surface area contributed by atoms with Gasteiger partial charge in [-0.25, -0.2) is 0 Å². The van der Waals surface area contributed by atoms with Gasteiger partial charge in [0.25, 0.3) is 0 Å². The van der Waals surface area contributed by atoms with Gasteiger partial charge >= 0.3 is 0 Å². The van der Waals surface area contributed by atoms with Gasteiger partial charge in [-0.2, -0.15) is 5.10 Å². The average Bonchev–Trinajstić information content (AvgIpc) is 3.04. The maximum Gasteiger partial charge on any atom is 0.211 e. The van der Waals surface area contributed by atoms with Crippen molar-refractivity contribution in [1.29, 1.82) is 0 Å². The number of hydrogen-bond donors (Lipinski definition) is 0. The van der Waals surface area contributed by atoms with Crippen LogP contribution in [0.15, 0.2) is 70.9 Å². The van der Waals surface area contributed by atoms with Gasteiger partial charge in [-0.3, -0.25) is 0 Å². The minimum absolute atomic E-state index is 0.946. The molecule has 0 amide bonds. The van der Waals surface area contributed by atoms with Crippen LogP contribution in [0.4, 0.5) is 0 Å². The van der Waals surface area contributed by atoms with Crippen molar-refractivity contribution in [2.75, 3.05) is 0 Å². The SMILES string of the molecule is CCCCn1c(-c2ccccc2)c(-c2ccccc2)s/c1=N\N=C(C)C. The van der Waals surface area contributed by atoms with Crippen LogP contribution in [0, 0.1) is 0 Å². The van der Waals surface area contributed by atoms with E-state index in [9.17, 15) is 0 Å². The fraction of sp³-hybridized carbons (Fsp3) is 0.273. The van der Waals surface area contributed by atoms with Crippen molar-refractivity contribution in [2.24, 2.45) is 10.2 Å². The van der Waals surface area contributed by atoms with Crippen LogP contribution in [0.2, 0.25) is 0 Å². The molecule has 0 saturated carbocycles. The van der Waals surface area contributed by atoms with E-state index in [0.717, 1.165) is 29.9 Å². The zero-order chi connectivity index (χ0) is 18.4. The van der Waals surface area contributed by atoms with Gasteiger partial charge in [0.1, 0.15) is 0 Å². The van der Waals surface area contributed by atoms with Gasteiger partial charge in [-0.15, -0.1) is 5.10 Å². The smallest absolute Gasteiger partial charge is 0.211 e. The second-order valence-corrected chi connectivity index (χ2v) is 7.42. The molecule has 0 atom stereocenters. The molecule has 0 aliphatic carbocycles. The van der Waals surface area contributed by atoms with Gasteiger partial charge < -0.3 is 4.57 Å². The summed E-state index contributed by atoms with van der Waals surface area (Å²) >= 11 is 1.72. The first kappa shape index (κ1) is 18.3. The monoisotopic (exact) mass is 363 g/mol. The van der Waals surface area contributed by atoms with E-state index < -0.39 is 0 Å². The van der Waals surface area contributed by atoms with Gasteiger partial charge in [0, 0.05) is 12.3 Å². The molecule has 26 heavy (non-hydrogen) atoms. The van der Waals surface area contributed by atoms with E-state index in [4.69, 9.17) is 0 Å².